The van der Waals surface area contributed by atoms with Gasteiger partial charge in [0.1, 0.15) is 5.01 Å². The minimum atomic E-state index is 0.0506. The van der Waals surface area contributed by atoms with E-state index in [-0.39, 0.29) is 11.9 Å². The molecule has 2 aliphatic rings. The third-order valence-corrected chi connectivity index (χ3v) is 6.19. The Morgan fingerprint density at radius 1 is 1.35 bits per heavy atom. The molecule has 1 amide bonds. The predicted molar refractivity (Wildman–Crippen MR) is 94.4 cm³/mol. The van der Waals surface area contributed by atoms with Gasteiger partial charge in [0, 0.05) is 31.6 Å². The first kappa shape index (κ1) is 16.9. The molecule has 4 nitrogen and oxygen atoms in total. The average molecular weight is 336 g/mol. The smallest absolute Gasteiger partial charge is 0.217 e. The van der Waals surface area contributed by atoms with Crippen molar-refractivity contribution < 1.29 is 4.79 Å². The predicted octanol–water partition coefficient (Wildman–Crippen LogP) is 3.61. The lowest BCUT2D eigenvalue weighted by atomic mass is 9.86. The van der Waals surface area contributed by atoms with Crippen LogP contribution in [-0.2, 0) is 4.79 Å². The first-order valence-electron chi connectivity index (χ1n) is 9.11. The topological polar surface area (TPSA) is 45.2 Å². The number of amides is 1. The summed E-state index contributed by atoms with van der Waals surface area (Å²) in [5.74, 6) is 1.43. The molecule has 23 heavy (non-hydrogen) atoms. The molecule has 1 saturated heterocycles. The SMILES string of the molecule is CC(=O)N[C@H](c1nccs1)[C@@H]1CCCN(CC2CCCCC2)C1. The fourth-order valence-corrected chi connectivity index (χ4v) is 5.03. The van der Waals surface area contributed by atoms with Crippen LogP contribution in [0.25, 0.3) is 0 Å². The second-order valence-electron chi connectivity index (χ2n) is 7.21. The summed E-state index contributed by atoms with van der Waals surface area (Å²) in [5, 5.41) is 6.23. The van der Waals surface area contributed by atoms with Crippen molar-refractivity contribution in [3.05, 3.63) is 16.6 Å². The van der Waals surface area contributed by atoms with E-state index < -0.39 is 0 Å². The van der Waals surface area contributed by atoms with Gasteiger partial charge in [-0.2, -0.15) is 0 Å². The lowest BCUT2D eigenvalue weighted by Gasteiger charge is -2.38. The maximum Gasteiger partial charge on any atom is 0.217 e. The van der Waals surface area contributed by atoms with Crippen molar-refractivity contribution in [3.63, 3.8) is 0 Å². The van der Waals surface area contributed by atoms with Gasteiger partial charge < -0.3 is 10.2 Å². The first-order chi connectivity index (χ1) is 11.2. The van der Waals surface area contributed by atoms with Crippen molar-refractivity contribution in [2.24, 2.45) is 11.8 Å². The van der Waals surface area contributed by atoms with Crippen LogP contribution in [-0.4, -0.2) is 35.4 Å². The second kappa shape index (κ2) is 8.25. The molecule has 0 spiro atoms. The molecule has 2 fully saturated rings. The first-order valence-corrected chi connectivity index (χ1v) is 9.99. The Morgan fingerprint density at radius 3 is 2.87 bits per heavy atom. The number of rotatable bonds is 5. The van der Waals surface area contributed by atoms with Crippen LogP contribution in [0, 0.1) is 11.8 Å². The van der Waals surface area contributed by atoms with Crippen molar-refractivity contribution in [2.75, 3.05) is 19.6 Å². The number of carbonyl (C=O) groups excluding carboxylic acids is 1. The molecule has 2 atom stereocenters. The highest BCUT2D eigenvalue weighted by Crippen LogP contribution is 2.32. The van der Waals surface area contributed by atoms with E-state index in [2.05, 4.69) is 15.2 Å². The van der Waals surface area contributed by atoms with Gasteiger partial charge in [-0.15, -0.1) is 11.3 Å². The molecule has 0 aromatic carbocycles. The number of hydrogen-bond donors (Lipinski definition) is 1. The summed E-state index contributed by atoms with van der Waals surface area (Å²) >= 11 is 1.66. The number of nitrogens with one attached hydrogen (secondary N) is 1. The third-order valence-electron chi connectivity index (χ3n) is 5.33. The van der Waals surface area contributed by atoms with Crippen molar-refractivity contribution in [1.29, 1.82) is 0 Å². The van der Waals surface area contributed by atoms with Gasteiger partial charge >= 0.3 is 0 Å². The molecule has 0 unspecified atom stereocenters. The van der Waals surface area contributed by atoms with E-state index in [1.165, 1.54) is 58.0 Å². The molecule has 1 aromatic rings. The standard InChI is InChI=1S/C18H29N3OS/c1-14(22)20-17(18-19-9-11-23-18)16-8-5-10-21(13-16)12-15-6-3-2-4-7-15/h9,11,15-17H,2-8,10,12-13H2,1H3,(H,20,22)/t16-,17+/m1/s1. The number of likely N-dealkylation sites (tertiary alicyclic amines) is 1. The summed E-state index contributed by atoms with van der Waals surface area (Å²) in [6.07, 6.45) is 11.3. The molecule has 1 aliphatic carbocycles. The zero-order valence-electron chi connectivity index (χ0n) is 14.2. The van der Waals surface area contributed by atoms with Gasteiger partial charge in [0.25, 0.3) is 0 Å². The number of nitrogens with zero attached hydrogens (tertiary/aromatic N) is 2. The fourth-order valence-electron chi connectivity index (χ4n) is 4.25. The second-order valence-corrected chi connectivity index (χ2v) is 8.14. The number of thiazole rings is 1. The van der Waals surface area contributed by atoms with Crippen LogP contribution in [0.5, 0.6) is 0 Å². The van der Waals surface area contributed by atoms with E-state index in [0.717, 1.165) is 17.5 Å². The highest BCUT2D eigenvalue weighted by Gasteiger charge is 2.31. The molecule has 1 saturated carbocycles. The van der Waals surface area contributed by atoms with Gasteiger partial charge in [-0.3, -0.25) is 4.79 Å². The molecular formula is C18H29N3OS. The Bertz CT molecular complexity index is 484. The van der Waals surface area contributed by atoms with Crippen LogP contribution in [0.3, 0.4) is 0 Å². The van der Waals surface area contributed by atoms with E-state index in [9.17, 15) is 4.79 Å². The lowest BCUT2D eigenvalue weighted by Crippen LogP contribution is -2.44. The summed E-state index contributed by atoms with van der Waals surface area (Å²) in [4.78, 5) is 18.8. The Labute approximate surface area is 143 Å². The molecule has 3 rings (SSSR count). The molecule has 0 radical (unpaired) electrons. The minimum absolute atomic E-state index is 0.0506. The van der Waals surface area contributed by atoms with Crippen LogP contribution in [0.4, 0.5) is 0 Å². The molecule has 5 heteroatoms. The van der Waals surface area contributed by atoms with E-state index in [1.54, 1.807) is 18.3 Å². The highest BCUT2D eigenvalue weighted by atomic mass is 32.1. The molecule has 128 valence electrons. The number of piperidine rings is 1. The van der Waals surface area contributed by atoms with Gasteiger partial charge in [-0.1, -0.05) is 19.3 Å². The quantitative estimate of drug-likeness (QED) is 0.894. The number of hydrogen-bond acceptors (Lipinski definition) is 4. The van der Waals surface area contributed by atoms with E-state index >= 15 is 0 Å². The highest BCUT2D eigenvalue weighted by molar-refractivity contribution is 7.09. The Kier molecular flexibility index (Phi) is 6.06. The van der Waals surface area contributed by atoms with Crippen molar-refractivity contribution in [3.8, 4) is 0 Å². The van der Waals surface area contributed by atoms with Gasteiger partial charge in [0.15, 0.2) is 0 Å². The fraction of sp³-hybridized carbons (Fsp3) is 0.778. The Hall–Kier alpha value is -0.940. The summed E-state index contributed by atoms with van der Waals surface area (Å²) in [7, 11) is 0. The van der Waals surface area contributed by atoms with Gasteiger partial charge in [0.05, 0.1) is 6.04 Å². The van der Waals surface area contributed by atoms with Crippen LogP contribution in [0.1, 0.15) is 62.9 Å². The molecule has 1 aliphatic heterocycles. The maximum atomic E-state index is 11.6. The largest absolute Gasteiger partial charge is 0.347 e. The normalized spacial score (nSPS) is 25.2. The Balaban J connectivity index is 1.61. The molecule has 1 N–H and O–H groups in total. The molecule has 1 aromatic heterocycles. The van der Waals surface area contributed by atoms with Gasteiger partial charge in [-0.05, 0) is 44.1 Å². The molecule has 2 heterocycles. The Morgan fingerprint density at radius 2 is 2.17 bits per heavy atom. The summed E-state index contributed by atoms with van der Waals surface area (Å²) in [6, 6.07) is 0.0849. The average Bonchev–Trinajstić information content (AvgIpc) is 3.08. The number of carbonyl (C=O) groups is 1. The van der Waals surface area contributed by atoms with Crippen LogP contribution in [0.2, 0.25) is 0 Å². The van der Waals surface area contributed by atoms with E-state index in [0.29, 0.717) is 5.92 Å². The van der Waals surface area contributed by atoms with Crippen LogP contribution in [0.15, 0.2) is 11.6 Å². The minimum Gasteiger partial charge on any atom is -0.347 e. The summed E-state index contributed by atoms with van der Waals surface area (Å²) in [5.41, 5.74) is 0. The monoisotopic (exact) mass is 335 g/mol. The lowest BCUT2D eigenvalue weighted by molar-refractivity contribution is -0.120. The van der Waals surface area contributed by atoms with Crippen LogP contribution >= 0.6 is 11.3 Å². The van der Waals surface area contributed by atoms with Crippen molar-refractivity contribution in [2.45, 2.75) is 57.9 Å². The van der Waals surface area contributed by atoms with Crippen molar-refractivity contribution >= 4 is 17.2 Å². The van der Waals surface area contributed by atoms with E-state index in [1.807, 2.05) is 11.6 Å². The van der Waals surface area contributed by atoms with E-state index in [4.69, 9.17) is 0 Å². The summed E-state index contributed by atoms with van der Waals surface area (Å²) < 4.78 is 0. The molecular weight excluding hydrogens is 306 g/mol. The van der Waals surface area contributed by atoms with Gasteiger partial charge in [-0.25, -0.2) is 4.98 Å². The zero-order valence-corrected chi connectivity index (χ0v) is 15.0. The van der Waals surface area contributed by atoms with Crippen LogP contribution < -0.4 is 5.32 Å². The summed E-state index contributed by atoms with van der Waals surface area (Å²) in [6.45, 7) is 5.18. The molecule has 0 bridgehead atoms. The number of aromatic nitrogens is 1. The zero-order chi connectivity index (χ0) is 16.1. The van der Waals surface area contributed by atoms with Crippen molar-refractivity contribution in [1.82, 2.24) is 15.2 Å². The third kappa shape index (κ3) is 4.77. The maximum absolute atomic E-state index is 11.6. The van der Waals surface area contributed by atoms with Gasteiger partial charge in [0.2, 0.25) is 5.91 Å².